The summed E-state index contributed by atoms with van der Waals surface area (Å²) in [6.45, 7) is 1.50. The number of hydrogen-bond donors (Lipinski definition) is 1. The van der Waals surface area contributed by atoms with E-state index in [0.717, 1.165) is 0 Å². The van der Waals surface area contributed by atoms with E-state index in [9.17, 15) is 13.2 Å². The molecule has 0 aliphatic heterocycles. The van der Waals surface area contributed by atoms with E-state index in [1.165, 1.54) is 13.0 Å². The van der Waals surface area contributed by atoms with Crippen LogP contribution in [0, 0.1) is 6.92 Å². The van der Waals surface area contributed by atoms with Gasteiger partial charge in [-0.1, -0.05) is 0 Å². The largest absolute Gasteiger partial charge is 0.451 e. The molecule has 0 amide bonds. The predicted molar refractivity (Wildman–Crippen MR) is 51.6 cm³/mol. The highest BCUT2D eigenvalue weighted by atomic mass is 19.4. The molecule has 0 radical (unpaired) electrons. The average Bonchev–Trinajstić information content (AvgIpc) is 2.68. The lowest BCUT2D eigenvalue weighted by molar-refractivity contribution is -0.145. The summed E-state index contributed by atoms with van der Waals surface area (Å²) in [4.78, 5) is 9.65. The van der Waals surface area contributed by atoms with Crippen molar-refractivity contribution in [3.8, 4) is 11.4 Å². The summed E-state index contributed by atoms with van der Waals surface area (Å²) < 4.78 is 37.4. The number of rotatable bonds is 1. The summed E-state index contributed by atoms with van der Waals surface area (Å²) in [5.41, 5.74) is 1.06. The molecule has 0 fully saturated rings. The van der Waals surface area contributed by atoms with Crippen LogP contribution in [0.5, 0.6) is 0 Å². The van der Waals surface area contributed by atoms with Gasteiger partial charge in [-0.25, -0.2) is 9.97 Å². The van der Waals surface area contributed by atoms with E-state index in [1.54, 1.807) is 18.3 Å². The molecule has 0 spiro atoms. The number of aromatic amines is 1. The van der Waals surface area contributed by atoms with Crippen LogP contribution < -0.4 is 0 Å². The third-order valence-electron chi connectivity index (χ3n) is 1.98. The smallest absolute Gasteiger partial charge is 0.360 e. The standard InChI is InChI=1S/C10H8F3N3/c1-6-5-8(7-3-2-4-14-7)16-9(15-6)10(11,12)13/h2-5,14H,1H3. The van der Waals surface area contributed by atoms with Crippen molar-refractivity contribution in [2.45, 2.75) is 13.1 Å². The maximum Gasteiger partial charge on any atom is 0.451 e. The van der Waals surface area contributed by atoms with Crippen LogP contribution in [0.2, 0.25) is 0 Å². The zero-order valence-corrected chi connectivity index (χ0v) is 8.34. The molecule has 6 heteroatoms. The Hall–Kier alpha value is -1.85. The lowest BCUT2D eigenvalue weighted by Crippen LogP contribution is -2.12. The summed E-state index contributed by atoms with van der Waals surface area (Å²) >= 11 is 0. The first-order valence-corrected chi connectivity index (χ1v) is 4.53. The van der Waals surface area contributed by atoms with Crippen LogP contribution in [0.4, 0.5) is 13.2 Å². The van der Waals surface area contributed by atoms with Gasteiger partial charge in [0, 0.05) is 11.9 Å². The summed E-state index contributed by atoms with van der Waals surface area (Å²) in [5.74, 6) is -1.11. The number of hydrogen-bond acceptors (Lipinski definition) is 2. The van der Waals surface area contributed by atoms with Crippen LogP contribution in [0.3, 0.4) is 0 Å². The van der Waals surface area contributed by atoms with Crippen molar-refractivity contribution < 1.29 is 13.2 Å². The Labute approximate surface area is 89.4 Å². The third-order valence-corrected chi connectivity index (χ3v) is 1.98. The molecule has 0 saturated heterocycles. The van der Waals surface area contributed by atoms with Crippen LogP contribution >= 0.6 is 0 Å². The zero-order valence-electron chi connectivity index (χ0n) is 8.34. The molecule has 2 rings (SSSR count). The Morgan fingerprint density at radius 3 is 2.56 bits per heavy atom. The van der Waals surface area contributed by atoms with Gasteiger partial charge in [0.2, 0.25) is 5.82 Å². The fourth-order valence-corrected chi connectivity index (χ4v) is 1.32. The number of H-pyrrole nitrogens is 1. The average molecular weight is 227 g/mol. The Balaban J connectivity index is 2.53. The van der Waals surface area contributed by atoms with E-state index in [0.29, 0.717) is 5.69 Å². The molecule has 0 bridgehead atoms. The molecule has 0 aromatic carbocycles. The highest BCUT2D eigenvalue weighted by molar-refractivity contribution is 5.54. The first-order valence-electron chi connectivity index (χ1n) is 4.53. The second-order valence-corrected chi connectivity index (χ2v) is 3.30. The topological polar surface area (TPSA) is 41.6 Å². The molecule has 0 aliphatic rings. The summed E-state index contributed by atoms with van der Waals surface area (Å²) in [6, 6.07) is 4.85. The highest BCUT2D eigenvalue weighted by Gasteiger charge is 2.35. The number of halogens is 3. The van der Waals surface area contributed by atoms with Gasteiger partial charge in [-0.3, -0.25) is 0 Å². The third kappa shape index (κ3) is 2.05. The van der Waals surface area contributed by atoms with Crippen molar-refractivity contribution in [3.63, 3.8) is 0 Å². The van der Waals surface area contributed by atoms with Crippen LogP contribution in [0.25, 0.3) is 11.4 Å². The number of nitrogens with one attached hydrogen (secondary N) is 1. The minimum absolute atomic E-state index is 0.241. The summed E-state index contributed by atoms with van der Waals surface area (Å²) in [5, 5.41) is 0. The highest BCUT2D eigenvalue weighted by Crippen LogP contribution is 2.28. The minimum Gasteiger partial charge on any atom is -0.360 e. The quantitative estimate of drug-likeness (QED) is 0.813. The molecule has 0 atom stereocenters. The maximum atomic E-state index is 12.5. The van der Waals surface area contributed by atoms with Gasteiger partial charge in [-0.2, -0.15) is 13.2 Å². The van der Waals surface area contributed by atoms with E-state index >= 15 is 0 Å². The molecule has 0 unspecified atom stereocenters. The molecule has 2 aromatic heterocycles. The van der Waals surface area contributed by atoms with Crippen molar-refractivity contribution in [1.29, 1.82) is 0 Å². The molecule has 84 valence electrons. The predicted octanol–water partition coefficient (Wildman–Crippen LogP) is 2.80. The second-order valence-electron chi connectivity index (χ2n) is 3.30. The SMILES string of the molecule is Cc1cc(-c2ccc[nH]2)nc(C(F)(F)F)n1. The Bertz CT molecular complexity index is 489. The van der Waals surface area contributed by atoms with Crippen molar-refractivity contribution in [2.24, 2.45) is 0 Å². The number of aryl methyl sites for hydroxylation is 1. The van der Waals surface area contributed by atoms with E-state index in [-0.39, 0.29) is 11.4 Å². The van der Waals surface area contributed by atoms with E-state index in [1.807, 2.05) is 0 Å². The van der Waals surface area contributed by atoms with E-state index in [2.05, 4.69) is 15.0 Å². The fourth-order valence-electron chi connectivity index (χ4n) is 1.32. The monoisotopic (exact) mass is 227 g/mol. The van der Waals surface area contributed by atoms with E-state index in [4.69, 9.17) is 0 Å². The van der Waals surface area contributed by atoms with Gasteiger partial charge in [0.15, 0.2) is 0 Å². The van der Waals surface area contributed by atoms with Crippen LogP contribution in [0.1, 0.15) is 11.5 Å². The van der Waals surface area contributed by atoms with Gasteiger partial charge in [0.1, 0.15) is 0 Å². The molecule has 0 aliphatic carbocycles. The van der Waals surface area contributed by atoms with Gasteiger partial charge >= 0.3 is 6.18 Å². The Morgan fingerprint density at radius 2 is 2.00 bits per heavy atom. The minimum atomic E-state index is -4.52. The van der Waals surface area contributed by atoms with Gasteiger partial charge in [0.05, 0.1) is 11.4 Å². The molecule has 2 heterocycles. The van der Waals surface area contributed by atoms with Crippen LogP contribution in [0.15, 0.2) is 24.4 Å². The number of alkyl halides is 3. The lowest BCUT2D eigenvalue weighted by atomic mass is 10.2. The van der Waals surface area contributed by atoms with Gasteiger partial charge in [-0.05, 0) is 25.1 Å². The molecular weight excluding hydrogens is 219 g/mol. The lowest BCUT2D eigenvalue weighted by Gasteiger charge is -2.07. The van der Waals surface area contributed by atoms with Crippen molar-refractivity contribution in [3.05, 3.63) is 35.9 Å². The first kappa shape index (κ1) is 10.7. The van der Waals surface area contributed by atoms with Crippen LogP contribution in [-0.2, 0) is 6.18 Å². The molecule has 3 nitrogen and oxygen atoms in total. The first-order chi connectivity index (χ1) is 7.47. The molecule has 2 aromatic rings. The molecular formula is C10H8F3N3. The molecule has 16 heavy (non-hydrogen) atoms. The van der Waals surface area contributed by atoms with Crippen molar-refractivity contribution >= 4 is 0 Å². The van der Waals surface area contributed by atoms with Gasteiger partial charge in [0.25, 0.3) is 0 Å². The van der Waals surface area contributed by atoms with Crippen molar-refractivity contribution in [2.75, 3.05) is 0 Å². The summed E-state index contributed by atoms with van der Waals surface area (Å²) in [6.07, 6.45) is -2.90. The number of aromatic nitrogens is 3. The Kier molecular flexibility index (Phi) is 2.41. The number of nitrogens with zero attached hydrogens (tertiary/aromatic N) is 2. The van der Waals surface area contributed by atoms with Crippen LogP contribution in [-0.4, -0.2) is 15.0 Å². The van der Waals surface area contributed by atoms with Gasteiger partial charge in [-0.15, -0.1) is 0 Å². The van der Waals surface area contributed by atoms with Gasteiger partial charge < -0.3 is 4.98 Å². The zero-order chi connectivity index (χ0) is 11.8. The van der Waals surface area contributed by atoms with Crippen molar-refractivity contribution in [1.82, 2.24) is 15.0 Å². The summed E-state index contributed by atoms with van der Waals surface area (Å²) in [7, 11) is 0. The normalized spacial score (nSPS) is 11.8. The molecule has 0 saturated carbocycles. The Morgan fingerprint density at radius 1 is 1.25 bits per heavy atom. The maximum absolute atomic E-state index is 12.5. The fraction of sp³-hybridized carbons (Fsp3) is 0.200. The molecule has 1 N–H and O–H groups in total. The van der Waals surface area contributed by atoms with E-state index < -0.39 is 12.0 Å². The second kappa shape index (κ2) is 3.62.